The van der Waals surface area contributed by atoms with E-state index in [0.29, 0.717) is 10.8 Å². The molecule has 0 fully saturated rings. The standard InChI is InChI=1S/C10H10BrClN2/c1-2-3-4-5-13-10-9(12)6-8(11)7-14-10/h6-7H,4-5H2,1H3,(H,13,14). The predicted octanol–water partition coefficient (Wildman–Crippen LogP) is 3.32. The van der Waals surface area contributed by atoms with Crippen molar-refractivity contribution in [1.82, 2.24) is 4.98 Å². The second-order valence-corrected chi connectivity index (χ2v) is 3.91. The molecule has 0 amide bonds. The van der Waals surface area contributed by atoms with Crippen LogP contribution in [-0.4, -0.2) is 11.5 Å². The quantitative estimate of drug-likeness (QED) is 0.675. The Labute approximate surface area is 97.2 Å². The minimum absolute atomic E-state index is 0.615. The lowest BCUT2D eigenvalue weighted by Crippen LogP contribution is -2.02. The topological polar surface area (TPSA) is 24.9 Å². The van der Waals surface area contributed by atoms with E-state index in [1.807, 2.05) is 13.0 Å². The van der Waals surface area contributed by atoms with E-state index in [2.05, 4.69) is 38.1 Å². The van der Waals surface area contributed by atoms with Crippen LogP contribution in [0, 0.1) is 11.8 Å². The zero-order valence-corrected chi connectivity index (χ0v) is 10.1. The van der Waals surface area contributed by atoms with E-state index < -0.39 is 0 Å². The highest BCUT2D eigenvalue weighted by Crippen LogP contribution is 2.22. The van der Waals surface area contributed by atoms with Crippen LogP contribution in [-0.2, 0) is 0 Å². The van der Waals surface area contributed by atoms with Gasteiger partial charge in [0.2, 0.25) is 0 Å². The van der Waals surface area contributed by atoms with Gasteiger partial charge in [-0.25, -0.2) is 4.98 Å². The lowest BCUT2D eigenvalue weighted by atomic mass is 10.4. The second kappa shape index (κ2) is 5.90. The summed E-state index contributed by atoms with van der Waals surface area (Å²) in [6.07, 6.45) is 2.50. The van der Waals surface area contributed by atoms with Crippen LogP contribution >= 0.6 is 27.5 Å². The summed E-state index contributed by atoms with van der Waals surface area (Å²) in [4.78, 5) is 4.14. The number of hydrogen-bond acceptors (Lipinski definition) is 2. The molecule has 0 saturated carbocycles. The molecule has 14 heavy (non-hydrogen) atoms. The van der Waals surface area contributed by atoms with Crippen LogP contribution in [0.2, 0.25) is 5.02 Å². The molecule has 0 unspecified atom stereocenters. The first-order chi connectivity index (χ1) is 6.74. The summed E-state index contributed by atoms with van der Waals surface area (Å²) < 4.78 is 0.876. The van der Waals surface area contributed by atoms with Crippen molar-refractivity contribution < 1.29 is 0 Å². The fraction of sp³-hybridized carbons (Fsp3) is 0.300. The largest absolute Gasteiger partial charge is 0.368 e. The average molecular weight is 274 g/mol. The van der Waals surface area contributed by atoms with Crippen molar-refractivity contribution in [3.8, 4) is 11.8 Å². The number of pyridine rings is 1. The van der Waals surface area contributed by atoms with Gasteiger partial charge in [0.25, 0.3) is 0 Å². The summed E-state index contributed by atoms with van der Waals surface area (Å²) in [5.74, 6) is 6.49. The predicted molar refractivity (Wildman–Crippen MR) is 63.5 cm³/mol. The van der Waals surface area contributed by atoms with Gasteiger partial charge in [-0.2, -0.15) is 0 Å². The summed E-state index contributed by atoms with van der Waals surface area (Å²) in [6.45, 7) is 2.58. The lowest BCUT2D eigenvalue weighted by molar-refractivity contribution is 1.07. The van der Waals surface area contributed by atoms with E-state index in [1.54, 1.807) is 6.20 Å². The molecule has 1 aromatic heterocycles. The minimum Gasteiger partial charge on any atom is -0.368 e. The van der Waals surface area contributed by atoms with Gasteiger partial charge in [0.1, 0.15) is 5.82 Å². The molecule has 0 aliphatic rings. The highest BCUT2D eigenvalue weighted by atomic mass is 79.9. The van der Waals surface area contributed by atoms with Crippen molar-refractivity contribution in [1.29, 1.82) is 0 Å². The molecule has 1 rings (SSSR count). The maximum absolute atomic E-state index is 5.95. The molecule has 1 aromatic rings. The molecule has 1 N–H and O–H groups in total. The van der Waals surface area contributed by atoms with Crippen LogP contribution in [0.4, 0.5) is 5.82 Å². The van der Waals surface area contributed by atoms with E-state index in [4.69, 9.17) is 11.6 Å². The first-order valence-corrected chi connectivity index (χ1v) is 5.35. The Morgan fingerprint density at radius 2 is 2.43 bits per heavy atom. The fourth-order valence-corrected chi connectivity index (χ4v) is 1.61. The second-order valence-electron chi connectivity index (χ2n) is 2.59. The third-order valence-corrected chi connectivity index (χ3v) is 2.25. The molecule has 4 heteroatoms. The Kier molecular flexibility index (Phi) is 4.78. The highest BCUT2D eigenvalue weighted by Gasteiger charge is 2.00. The maximum Gasteiger partial charge on any atom is 0.144 e. The van der Waals surface area contributed by atoms with Crippen LogP contribution in [0.15, 0.2) is 16.7 Å². The van der Waals surface area contributed by atoms with Gasteiger partial charge in [-0.15, -0.1) is 11.8 Å². The average Bonchev–Trinajstić information content (AvgIpc) is 2.15. The molecule has 0 spiro atoms. The van der Waals surface area contributed by atoms with Crippen molar-refractivity contribution in [2.45, 2.75) is 13.3 Å². The van der Waals surface area contributed by atoms with Crippen molar-refractivity contribution in [3.05, 3.63) is 21.8 Å². The summed E-state index contributed by atoms with van der Waals surface area (Å²) >= 11 is 9.24. The van der Waals surface area contributed by atoms with E-state index in [1.165, 1.54) is 0 Å². The Morgan fingerprint density at radius 3 is 3.07 bits per heavy atom. The van der Waals surface area contributed by atoms with Gasteiger partial charge in [0.15, 0.2) is 0 Å². The van der Waals surface area contributed by atoms with Crippen molar-refractivity contribution in [3.63, 3.8) is 0 Å². The Balaban J connectivity index is 2.53. The molecule has 0 saturated heterocycles. The Morgan fingerprint density at radius 1 is 1.64 bits per heavy atom. The first kappa shape index (κ1) is 11.4. The molecule has 0 aliphatic carbocycles. The van der Waals surface area contributed by atoms with Crippen molar-refractivity contribution >= 4 is 33.3 Å². The van der Waals surface area contributed by atoms with Crippen LogP contribution in [0.3, 0.4) is 0 Å². The molecule has 0 atom stereocenters. The molecule has 0 aliphatic heterocycles. The van der Waals surface area contributed by atoms with E-state index in [0.717, 1.165) is 17.4 Å². The van der Waals surface area contributed by atoms with E-state index in [9.17, 15) is 0 Å². The summed E-state index contributed by atoms with van der Waals surface area (Å²) in [6, 6.07) is 1.81. The van der Waals surface area contributed by atoms with E-state index >= 15 is 0 Å². The number of hydrogen-bond donors (Lipinski definition) is 1. The van der Waals surface area contributed by atoms with Crippen LogP contribution in [0.25, 0.3) is 0 Å². The van der Waals surface area contributed by atoms with Gasteiger partial charge in [-0.3, -0.25) is 0 Å². The van der Waals surface area contributed by atoms with Crippen LogP contribution < -0.4 is 5.32 Å². The number of anilines is 1. The van der Waals surface area contributed by atoms with Crippen LogP contribution in [0.1, 0.15) is 13.3 Å². The zero-order valence-electron chi connectivity index (χ0n) is 7.77. The Bertz CT molecular complexity index is 368. The SMILES string of the molecule is CC#CCCNc1ncc(Br)cc1Cl. The van der Waals surface area contributed by atoms with Gasteiger partial charge in [-0.1, -0.05) is 11.6 Å². The number of halogens is 2. The smallest absolute Gasteiger partial charge is 0.144 e. The number of rotatable bonds is 3. The highest BCUT2D eigenvalue weighted by molar-refractivity contribution is 9.10. The number of aromatic nitrogens is 1. The van der Waals surface area contributed by atoms with Crippen molar-refractivity contribution in [2.75, 3.05) is 11.9 Å². The first-order valence-electron chi connectivity index (χ1n) is 4.18. The fourth-order valence-electron chi connectivity index (χ4n) is 0.913. The third kappa shape index (κ3) is 3.57. The molecule has 2 nitrogen and oxygen atoms in total. The van der Waals surface area contributed by atoms with Gasteiger partial charge < -0.3 is 5.32 Å². The van der Waals surface area contributed by atoms with Gasteiger partial charge in [-0.05, 0) is 28.9 Å². The van der Waals surface area contributed by atoms with Crippen LogP contribution in [0.5, 0.6) is 0 Å². The Hall–Kier alpha value is -0.720. The molecule has 0 aromatic carbocycles. The summed E-state index contributed by atoms with van der Waals surface area (Å²) in [7, 11) is 0. The van der Waals surface area contributed by atoms with Gasteiger partial charge >= 0.3 is 0 Å². The molecular weight excluding hydrogens is 263 g/mol. The monoisotopic (exact) mass is 272 g/mol. The third-order valence-electron chi connectivity index (χ3n) is 1.53. The number of nitrogens with zero attached hydrogens (tertiary/aromatic N) is 1. The summed E-state index contributed by atoms with van der Waals surface area (Å²) in [5.41, 5.74) is 0. The molecular formula is C10H10BrClN2. The lowest BCUT2D eigenvalue weighted by Gasteiger charge is -2.04. The van der Waals surface area contributed by atoms with E-state index in [-0.39, 0.29) is 0 Å². The van der Waals surface area contributed by atoms with Gasteiger partial charge in [0.05, 0.1) is 5.02 Å². The molecule has 74 valence electrons. The minimum atomic E-state index is 0.615. The zero-order chi connectivity index (χ0) is 10.4. The summed E-state index contributed by atoms with van der Waals surface area (Å²) in [5, 5.41) is 3.72. The van der Waals surface area contributed by atoms with Crippen molar-refractivity contribution in [2.24, 2.45) is 0 Å². The molecule has 1 heterocycles. The normalized spacial score (nSPS) is 9.07. The number of nitrogens with one attached hydrogen (secondary N) is 1. The van der Waals surface area contributed by atoms with Gasteiger partial charge in [0, 0.05) is 23.6 Å². The maximum atomic E-state index is 5.95. The molecule has 0 bridgehead atoms. The molecule has 0 radical (unpaired) electrons.